The summed E-state index contributed by atoms with van der Waals surface area (Å²) in [7, 11) is -30.1. The molecule has 0 radical (unpaired) electrons. The molecule has 0 amide bonds. The SMILES string of the molecule is CC(C)CC(C)Nc1nc(Nc2ccc(/C=C/c3ccc(Nc4nc(Nc5cc(S(=O)(=O)O)ccc5S(=O)(=O)O)nc(NC(C)CC(C)C)n4)cc3S(=O)(=O)O)c(S(=O)(=O)O)c2)nc(Nc2cc(S(=O)(=O)O)ccc2S(=O)(=O)O)n1. The molecule has 2 heterocycles. The molecule has 0 aliphatic carbocycles. The first kappa shape index (κ1) is 62.1. The minimum absolute atomic E-state index is 0.107. The molecule has 0 fully saturated rings. The van der Waals surface area contributed by atoms with Crippen molar-refractivity contribution < 1.29 is 77.8 Å². The van der Waals surface area contributed by atoms with E-state index in [2.05, 4.69) is 61.8 Å². The van der Waals surface area contributed by atoms with Crippen LogP contribution in [0.25, 0.3) is 12.2 Å². The lowest BCUT2D eigenvalue weighted by Gasteiger charge is -2.18. The zero-order valence-electron chi connectivity index (χ0n) is 42.5. The normalized spacial score (nSPS) is 13.5. The largest absolute Gasteiger partial charge is 0.352 e. The Bertz CT molecular complexity index is 3840. The molecule has 6 aromatic rings. The fourth-order valence-corrected chi connectivity index (χ4v) is 11.4. The maximum Gasteiger partial charge on any atom is 0.296 e. The van der Waals surface area contributed by atoms with Gasteiger partial charge in [0.2, 0.25) is 35.7 Å². The van der Waals surface area contributed by atoms with E-state index in [-0.39, 0.29) is 70.2 Å². The van der Waals surface area contributed by atoms with Crippen LogP contribution in [0.1, 0.15) is 65.5 Å². The van der Waals surface area contributed by atoms with Crippen molar-refractivity contribution in [1.29, 1.82) is 0 Å². The van der Waals surface area contributed by atoms with Crippen molar-refractivity contribution in [2.45, 2.75) is 95.8 Å². The van der Waals surface area contributed by atoms with Gasteiger partial charge < -0.3 is 31.9 Å². The van der Waals surface area contributed by atoms with Crippen LogP contribution in [-0.2, 0) is 60.7 Å². The summed E-state index contributed by atoms with van der Waals surface area (Å²) in [5.74, 6) is -1.58. The number of anilines is 10. The lowest BCUT2D eigenvalue weighted by Crippen LogP contribution is -2.20. The highest BCUT2D eigenvalue weighted by Crippen LogP contribution is 2.32. The summed E-state index contributed by atoms with van der Waals surface area (Å²) >= 11 is 0. The number of benzene rings is 4. The van der Waals surface area contributed by atoms with Gasteiger partial charge in [0.25, 0.3) is 60.7 Å². The summed E-state index contributed by atoms with van der Waals surface area (Å²) < 4.78 is 208. The van der Waals surface area contributed by atoms with Crippen LogP contribution in [-0.4, -0.2) is 120 Å². The van der Waals surface area contributed by atoms with Crippen LogP contribution in [0.3, 0.4) is 0 Å². The van der Waals surface area contributed by atoms with Gasteiger partial charge in [-0.15, -0.1) is 0 Å². The zero-order valence-corrected chi connectivity index (χ0v) is 47.4. The maximum atomic E-state index is 12.9. The maximum absolute atomic E-state index is 12.9. The van der Waals surface area contributed by atoms with Gasteiger partial charge in [0.1, 0.15) is 19.6 Å². The van der Waals surface area contributed by atoms with E-state index in [9.17, 15) is 77.8 Å². The van der Waals surface area contributed by atoms with Gasteiger partial charge in [-0.25, -0.2) is 0 Å². The highest BCUT2D eigenvalue weighted by molar-refractivity contribution is 7.87. The second-order valence-corrected chi connectivity index (χ2v) is 26.9. The van der Waals surface area contributed by atoms with Crippen molar-refractivity contribution in [2.75, 3.05) is 31.9 Å². The van der Waals surface area contributed by atoms with E-state index in [1.54, 1.807) is 13.8 Å². The Morgan fingerprint density at radius 3 is 0.963 bits per heavy atom. The number of rotatable bonds is 24. The number of aromatic nitrogens is 6. The fraction of sp³-hybridized carbons (Fsp3) is 0.273. The third-order valence-corrected chi connectivity index (χ3v) is 16.1. The molecule has 0 spiro atoms. The van der Waals surface area contributed by atoms with Gasteiger partial charge in [-0.05, 0) is 110 Å². The first-order valence-corrected chi connectivity index (χ1v) is 31.7. The van der Waals surface area contributed by atoms with E-state index in [0.29, 0.717) is 37.1 Å². The molecule has 432 valence electrons. The van der Waals surface area contributed by atoms with E-state index >= 15 is 0 Å². The van der Waals surface area contributed by atoms with Crippen LogP contribution in [0, 0.1) is 11.8 Å². The molecule has 2 aromatic heterocycles. The minimum Gasteiger partial charge on any atom is -0.352 e. The lowest BCUT2D eigenvalue weighted by molar-refractivity contribution is 0.479. The number of hydrogen-bond acceptors (Lipinski definition) is 24. The van der Waals surface area contributed by atoms with E-state index in [1.807, 2.05) is 27.7 Å². The number of nitrogens with one attached hydrogen (secondary N) is 6. The molecule has 6 rings (SSSR count). The molecule has 0 bridgehead atoms. The highest BCUT2D eigenvalue weighted by atomic mass is 32.2. The molecule has 2 atom stereocenters. The smallest absolute Gasteiger partial charge is 0.296 e. The average molecular weight is 1230 g/mol. The molecule has 30 nitrogen and oxygen atoms in total. The van der Waals surface area contributed by atoms with Crippen LogP contribution in [0.15, 0.2) is 102 Å². The summed E-state index contributed by atoms with van der Waals surface area (Å²) in [6.07, 6.45) is 3.34. The molecule has 80 heavy (non-hydrogen) atoms. The van der Waals surface area contributed by atoms with E-state index in [0.717, 1.165) is 36.4 Å². The highest BCUT2D eigenvalue weighted by Gasteiger charge is 2.25. The molecule has 12 N–H and O–H groups in total. The molecule has 0 saturated carbocycles. The summed E-state index contributed by atoms with van der Waals surface area (Å²) in [4.78, 5) is 20.6. The Morgan fingerprint density at radius 2 is 0.675 bits per heavy atom. The first-order chi connectivity index (χ1) is 36.8. The van der Waals surface area contributed by atoms with Gasteiger partial charge in [-0.3, -0.25) is 27.3 Å². The Kier molecular flexibility index (Phi) is 18.6. The third-order valence-electron chi connectivity index (χ3n) is 10.8. The summed E-state index contributed by atoms with van der Waals surface area (Å²) in [6, 6.07) is 10.4. The molecule has 2 unspecified atom stereocenters. The Morgan fingerprint density at radius 1 is 0.375 bits per heavy atom. The third kappa shape index (κ3) is 17.2. The number of hydrogen-bond donors (Lipinski definition) is 12. The molecular formula is C44H52N12O18S6. The second kappa shape index (κ2) is 23.9. The van der Waals surface area contributed by atoms with E-state index < -0.39 is 113 Å². The van der Waals surface area contributed by atoms with Crippen molar-refractivity contribution in [2.24, 2.45) is 11.8 Å². The second-order valence-electron chi connectivity index (χ2n) is 18.5. The summed E-state index contributed by atoms with van der Waals surface area (Å²) in [6.45, 7) is 11.3. The van der Waals surface area contributed by atoms with Crippen LogP contribution in [0.4, 0.5) is 58.4 Å². The lowest BCUT2D eigenvalue weighted by atomic mass is 10.1. The van der Waals surface area contributed by atoms with Gasteiger partial charge in [-0.1, -0.05) is 52.0 Å². The molecule has 0 saturated heterocycles. The molecule has 0 aliphatic rings. The standard InChI is InChI=1S/C44H52N12O18S6/c1-23(2)17-25(5)45-39-51-41(55-43(53-39)49-33-21-31(75(57,58)59)13-15-35(33)77(63,64)65)47-29-11-9-27(37(19-29)79(69,70)71)7-8-28-10-12-30(20-38(28)80(72,73)74)48-42-52-40(46-26(6)18-24(3)4)54-44(56-42)50-34-22-32(76(60,61)62)14-16-36(34)78(66,67)68/h7-16,19-26H,17-18H2,1-6H3,(H,57,58,59)(H,60,61,62)(H,63,64,65)(H,66,67,68)(H,69,70,71)(H,72,73,74)(H3,45,47,49,51,53,55)(H3,46,48,50,52,54,56)/b8-7+. The minimum atomic E-state index is -5.12. The van der Waals surface area contributed by atoms with Crippen LogP contribution >= 0.6 is 0 Å². The zero-order chi connectivity index (χ0) is 59.5. The van der Waals surface area contributed by atoms with Gasteiger partial charge in [0.05, 0.1) is 21.2 Å². The fourth-order valence-electron chi connectivity index (χ4n) is 7.69. The van der Waals surface area contributed by atoms with E-state index in [1.165, 1.54) is 24.3 Å². The van der Waals surface area contributed by atoms with Gasteiger partial charge in [0.15, 0.2) is 0 Å². The first-order valence-electron chi connectivity index (χ1n) is 23.0. The monoisotopic (exact) mass is 1230 g/mol. The van der Waals surface area contributed by atoms with E-state index in [4.69, 9.17) is 0 Å². The predicted molar refractivity (Wildman–Crippen MR) is 291 cm³/mol. The average Bonchev–Trinajstić information content (AvgIpc) is 3.30. The predicted octanol–water partition coefficient (Wildman–Crippen LogP) is 6.37. The topological polar surface area (TPSA) is 476 Å². The Labute approximate surface area is 460 Å². The summed E-state index contributed by atoms with van der Waals surface area (Å²) in [5.41, 5.74) is -1.89. The van der Waals surface area contributed by atoms with Crippen molar-refractivity contribution in [3.05, 3.63) is 83.9 Å². The van der Waals surface area contributed by atoms with Crippen LogP contribution in [0.2, 0.25) is 0 Å². The van der Waals surface area contributed by atoms with Crippen molar-refractivity contribution in [3.63, 3.8) is 0 Å². The van der Waals surface area contributed by atoms with Crippen molar-refractivity contribution in [1.82, 2.24) is 29.9 Å². The van der Waals surface area contributed by atoms with Crippen LogP contribution in [0.5, 0.6) is 0 Å². The Hall–Kier alpha value is -7.10. The van der Waals surface area contributed by atoms with Crippen LogP contribution < -0.4 is 31.9 Å². The molecule has 36 heteroatoms. The summed E-state index contributed by atoms with van der Waals surface area (Å²) in [5, 5.41) is 16.5. The molecule has 0 aliphatic heterocycles. The molecule has 4 aromatic carbocycles. The molecular weight excluding hydrogens is 1180 g/mol. The Balaban J connectivity index is 1.36. The quantitative estimate of drug-likeness (QED) is 0.0231. The van der Waals surface area contributed by atoms with Gasteiger partial charge >= 0.3 is 0 Å². The van der Waals surface area contributed by atoms with Gasteiger partial charge in [-0.2, -0.15) is 80.4 Å². The number of nitrogens with zero attached hydrogens (tertiary/aromatic N) is 6. The van der Waals surface area contributed by atoms with Crippen molar-refractivity contribution in [3.8, 4) is 0 Å². The van der Waals surface area contributed by atoms with Crippen molar-refractivity contribution >= 4 is 131 Å². The van der Waals surface area contributed by atoms with Gasteiger partial charge in [0, 0.05) is 23.5 Å².